The summed E-state index contributed by atoms with van der Waals surface area (Å²) in [5, 5.41) is 0. The average molecular weight is 811 g/mol. The number of benzene rings is 8. The zero-order valence-electron chi connectivity index (χ0n) is 36.1. The van der Waals surface area contributed by atoms with E-state index in [9.17, 15) is 0 Å². The topological polar surface area (TPSA) is 22.6 Å². The van der Waals surface area contributed by atoms with Crippen molar-refractivity contribution in [3.05, 3.63) is 223 Å². The van der Waals surface area contributed by atoms with E-state index < -0.39 is 0 Å². The first-order valence-corrected chi connectivity index (χ1v) is 21.9. The van der Waals surface area contributed by atoms with Gasteiger partial charge < -0.3 is 4.90 Å². The molecule has 0 amide bonds. The minimum absolute atomic E-state index is 0.00277. The fourth-order valence-electron chi connectivity index (χ4n) is 9.65. The summed E-state index contributed by atoms with van der Waals surface area (Å²) in [5.41, 5.74) is 18.6. The maximum atomic E-state index is 5.90. The molecule has 0 aliphatic carbocycles. The highest BCUT2D eigenvalue weighted by Crippen LogP contribution is 2.47. The van der Waals surface area contributed by atoms with Crippen molar-refractivity contribution in [2.45, 2.75) is 33.1 Å². The predicted octanol–water partition coefficient (Wildman–Crippen LogP) is 13.6. The van der Waals surface area contributed by atoms with Crippen molar-refractivity contribution < 1.29 is 0 Å². The number of nitrogens with zero attached hydrogens (tertiary/aromatic N) is 4. The molecule has 0 spiro atoms. The van der Waals surface area contributed by atoms with Crippen molar-refractivity contribution in [2.24, 2.45) is 0 Å². The molecule has 8 aromatic carbocycles. The van der Waals surface area contributed by atoms with E-state index in [-0.39, 0.29) is 12.1 Å². The Labute approximate surface area is 371 Å². The standard InChI is InChI=1S/C58H47BN4/c1-40-37-53-56-54(38-40)63(46-25-15-8-16-26-46)57-50(59(56)49-27-17-18-28-51(49)61(53)45-23-13-7-14-24-45)35-36-55(60-57)62(47-32-30-44(31-33-47)58(2,3)4)52-39-43(41-19-9-5-10-20-41)29-34-48(52)42-21-11-6-12-22-42/h5-39H,1-4H3. The highest BCUT2D eigenvalue weighted by atomic mass is 15.3. The van der Waals surface area contributed by atoms with Crippen molar-refractivity contribution in [2.75, 3.05) is 14.7 Å². The lowest BCUT2D eigenvalue weighted by Gasteiger charge is -2.44. The van der Waals surface area contributed by atoms with Gasteiger partial charge in [-0.15, -0.1) is 0 Å². The molecule has 0 radical (unpaired) electrons. The van der Waals surface area contributed by atoms with E-state index in [1.165, 1.54) is 44.5 Å². The molecular formula is C58H47BN4. The molecule has 302 valence electrons. The van der Waals surface area contributed by atoms with Gasteiger partial charge in [0, 0.05) is 39.7 Å². The predicted molar refractivity (Wildman–Crippen MR) is 267 cm³/mol. The van der Waals surface area contributed by atoms with E-state index in [2.05, 4.69) is 255 Å². The molecule has 0 N–H and O–H groups in total. The molecule has 11 rings (SSSR count). The van der Waals surface area contributed by atoms with Gasteiger partial charge in [-0.1, -0.05) is 166 Å². The van der Waals surface area contributed by atoms with E-state index >= 15 is 0 Å². The third-order valence-electron chi connectivity index (χ3n) is 12.6. The van der Waals surface area contributed by atoms with Crippen LogP contribution in [0.1, 0.15) is 31.9 Å². The maximum Gasteiger partial charge on any atom is 0.254 e. The second-order valence-corrected chi connectivity index (χ2v) is 17.7. The first-order chi connectivity index (χ1) is 30.8. The van der Waals surface area contributed by atoms with Gasteiger partial charge >= 0.3 is 0 Å². The Morgan fingerprint density at radius 3 is 1.70 bits per heavy atom. The molecule has 9 aromatic rings. The third kappa shape index (κ3) is 6.68. The largest absolute Gasteiger partial charge is 0.311 e. The Balaban J connectivity index is 1.19. The van der Waals surface area contributed by atoms with Crippen molar-refractivity contribution in [1.29, 1.82) is 0 Å². The van der Waals surface area contributed by atoms with Crippen LogP contribution >= 0.6 is 0 Å². The van der Waals surface area contributed by atoms with Crippen LogP contribution in [0.25, 0.3) is 22.3 Å². The van der Waals surface area contributed by atoms with Crippen molar-refractivity contribution >= 4 is 74.5 Å². The van der Waals surface area contributed by atoms with E-state index in [0.717, 1.165) is 56.8 Å². The Morgan fingerprint density at radius 2 is 1.05 bits per heavy atom. The summed E-state index contributed by atoms with van der Waals surface area (Å²) in [6.45, 7) is 8.99. The summed E-state index contributed by atoms with van der Waals surface area (Å²) in [5.74, 6) is 1.76. The molecule has 0 saturated heterocycles. The third-order valence-corrected chi connectivity index (χ3v) is 12.6. The van der Waals surface area contributed by atoms with Crippen molar-refractivity contribution in [1.82, 2.24) is 4.98 Å². The van der Waals surface area contributed by atoms with Crippen LogP contribution in [-0.4, -0.2) is 11.7 Å². The van der Waals surface area contributed by atoms with Gasteiger partial charge in [-0.05, 0) is 123 Å². The lowest BCUT2D eigenvalue weighted by atomic mass is 9.33. The number of hydrogen-bond donors (Lipinski definition) is 0. The molecule has 5 heteroatoms. The Morgan fingerprint density at radius 1 is 0.476 bits per heavy atom. The summed E-state index contributed by atoms with van der Waals surface area (Å²) in [6, 6.07) is 77.1. The van der Waals surface area contributed by atoms with Gasteiger partial charge in [0.2, 0.25) is 0 Å². The normalized spacial score (nSPS) is 12.7. The second kappa shape index (κ2) is 15.4. The van der Waals surface area contributed by atoms with Gasteiger partial charge in [-0.2, -0.15) is 0 Å². The zero-order valence-corrected chi connectivity index (χ0v) is 36.1. The minimum atomic E-state index is -0.0379. The van der Waals surface area contributed by atoms with Crippen LogP contribution in [0, 0.1) is 6.92 Å². The average Bonchev–Trinajstić information content (AvgIpc) is 3.32. The number of rotatable bonds is 7. The number of hydrogen-bond acceptors (Lipinski definition) is 4. The minimum Gasteiger partial charge on any atom is -0.311 e. The van der Waals surface area contributed by atoms with Gasteiger partial charge in [0.25, 0.3) is 6.71 Å². The lowest BCUT2D eigenvalue weighted by Crippen LogP contribution is -2.61. The van der Waals surface area contributed by atoms with E-state index in [4.69, 9.17) is 4.98 Å². The van der Waals surface area contributed by atoms with E-state index in [0.29, 0.717) is 0 Å². The number of para-hydroxylation sites is 3. The number of pyridine rings is 1. The fourth-order valence-corrected chi connectivity index (χ4v) is 9.65. The quantitative estimate of drug-likeness (QED) is 0.150. The van der Waals surface area contributed by atoms with E-state index in [1.54, 1.807) is 0 Å². The molecule has 63 heavy (non-hydrogen) atoms. The van der Waals surface area contributed by atoms with Gasteiger partial charge in [-0.25, -0.2) is 4.98 Å². The first kappa shape index (κ1) is 38.3. The molecule has 1 aromatic heterocycles. The fraction of sp³-hybridized carbons (Fsp3) is 0.0862. The van der Waals surface area contributed by atoms with Crippen molar-refractivity contribution in [3.8, 4) is 22.3 Å². The second-order valence-electron chi connectivity index (χ2n) is 17.7. The number of aryl methyl sites for hydroxylation is 1. The molecule has 0 fully saturated rings. The first-order valence-electron chi connectivity index (χ1n) is 21.9. The monoisotopic (exact) mass is 810 g/mol. The molecule has 0 saturated carbocycles. The van der Waals surface area contributed by atoms with Crippen LogP contribution in [0.5, 0.6) is 0 Å². The van der Waals surface area contributed by atoms with Gasteiger partial charge in [0.1, 0.15) is 11.6 Å². The van der Waals surface area contributed by atoms with Crippen LogP contribution in [0.4, 0.5) is 51.4 Å². The van der Waals surface area contributed by atoms with E-state index in [1.807, 2.05) is 0 Å². The number of fused-ring (bicyclic) bond motifs is 4. The Bertz CT molecular complexity index is 3110. The SMILES string of the molecule is Cc1cc2c3c(c1)N(c1ccccc1)c1nc(N(c4ccc(C(C)(C)C)cc4)c4cc(-c5ccccc5)ccc4-c4ccccc4)ccc1B3c1ccccc1N2c1ccccc1. The lowest BCUT2D eigenvalue weighted by molar-refractivity contribution is 0.590. The molecule has 0 bridgehead atoms. The molecule has 0 unspecified atom stereocenters. The van der Waals surface area contributed by atoms with Crippen LogP contribution in [-0.2, 0) is 5.41 Å². The van der Waals surface area contributed by atoms with Crippen LogP contribution in [0.2, 0.25) is 0 Å². The van der Waals surface area contributed by atoms with Crippen LogP contribution < -0.4 is 31.1 Å². The molecule has 2 aliphatic rings. The summed E-state index contributed by atoms with van der Waals surface area (Å²) < 4.78 is 0. The number of aromatic nitrogens is 1. The number of anilines is 9. The highest BCUT2D eigenvalue weighted by molar-refractivity contribution is 7.00. The Hall–Kier alpha value is -7.63. The zero-order chi connectivity index (χ0) is 42.7. The van der Waals surface area contributed by atoms with Gasteiger partial charge in [-0.3, -0.25) is 9.80 Å². The van der Waals surface area contributed by atoms with Crippen LogP contribution in [0.3, 0.4) is 0 Å². The van der Waals surface area contributed by atoms with Crippen LogP contribution in [0.15, 0.2) is 212 Å². The molecular weight excluding hydrogens is 763 g/mol. The summed E-state index contributed by atoms with van der Waals surface area (Å²) in [7, 11) is 0. The molecule has 2 aliphatic heterocycles. The summed E-state index contributed by atoms with van der Waals surface area (Å²) in [4.78, 5) is 13.1. The molecule has 4 nitrogen and oxygen atoms in total. The highest BCUT2D eigenvalue weighted by Gasteiger charge is 2.44. The molecule has 3 heterocycles. The molecule has 0 atom stereocenters. The van der Waals surface area contributed by atoms with Gasteiger partial charge in [0.05, 0.1) is 5.69 Å². The smallest absolute Gasteiger partial charge is 0.254 e. The Kier molecular flexibility index (Phi) is 9.35. The maximum absolute atomic E-state index is 5.90. The van der Waals surface area contributed by atoms with Crippen molar-refractivity contribution in [3.63, 3.8) is 0 Å². The summed E-state index contributed by atoms with van der Waals surface area (Å²) >= 11 is 0. The summed E-state index contributed by atoms with van der Waals surface area (Å²) in [6.07, 6.45) is 0. The van der Waals surface area contributed by atoms with Gasteiger partial charge in [0.15, 0.2) is 0 Å².